The number of nitrogen functional groups attached to an aromatic ring is 1. The van der Waals surface area contributed by atoms with Gasteiger partial charge in [0.15, 0.2) is 0 Å². The SMILES string of the molecule is C[S+]([O-])c1nc(-c2cnc(N)nc2)c2c(n1)N(C1CC(F)(F)C1)CC2. The summed E-state index contributed by atoms with van der Waals surface area (Å²) in [5, 5.41) is 0.170. The predicted octanol–water partition coefficient (Wildman–Crippen LogP) is 1.41. The minimum atomic E-state index is -2.61. The number of anilines is 2. The van der Waals surface area contributed by atoms with Crippen LogP contribution in [0.25, 0.3) is 11.3 Å². The van der Waals surface area contributed by atoms with Crippen LogP contribution in [0.2, 0.25) is 0 Å². The monoisotopic (exact) mass is 366 g/mol. The van der Waals surface area contributed by atoms with Crippen LogP contribution < -0.4 is 10.6 Å². The fourth-order valence-electron chi connectivity index (χ4n) is 3.29. The van der Waals surface area contributed by atoms with E-state index in [1.54, 1.807) is 12.4 Å². The molecule has 1 unspecified atom stereocenters. The van der Waals surface area contributed by atoms with Gasteiger partial charge in [0.1, 0.15) is 12.1 Å². The number of alkyl halides is 2. The van der Waals surface area contributed by atoms with Gasteiger partial charge in [-0.05, 0) is 6.42 Å². The Hall–Kier alpha value is -2.07. The molecule has 2 aromatic rings. The highest BCUT2D eigenvalue weighted by molar-refractivity contribution is 7.90. The first kappa shape index (κ1) is 16.4. The molecule has 7 nitrogen and oxygen atoms in total. The number of aromatic nitrogens is 4. The number of halogens is 2. The van der Waals surface area contributed by atoms with E-state index in [0.29, 0.717) is 30.0 Å². The molecule has 1 fully saturated rings. The molecule has 4 rings (SSSR count). The number of nitrogens with two attached hydrogens (primary N) is 1. The zero-order chi connectivity index (χ0) is 17.8. The summed E-state index contributed by atoms with van der Waals surface area (Å²) >= 11 is -1.40. The molecular weight excluding hydrogens is 350 g/mol. The number of nitrogens with zero attached hydrogens (tertiary/aromatic N) is 5. The van der Waals surface area contributed by atoms with Gasteiger partial charge in [-0.1, -0.05) is 0 Å². The molecule has 10 heteroatoms. The lowest BCUT2D eigenvalue weighted by atomic mass is 9.87. The third-order valence-corrected chi connectivity index (χ3v) is 5.25. The Labute approximate surface area is 145 Å². The minimum Gasteiger partial charge on any atom is -0.609 e. The molecule has 1 aliphatic heterocycles. The first-order valence-electron chi connectivity index (χ1n) is 7.81. The van der Waals surface area contributed by atoms with Crippen molar-refractivity contribution in [2.75, 3.05) is 23.4 Å². The van der Waals surface area contributed by atoms with Gasteiger partial charge in [0, 0.05) is 60.1 Å². The largest absolute Gasteiger partial charge is 0.609 e. The molecule has 0 spiro atoms. The molecular formula is C15H16F2N6OS. The van der Waals surface area contributed by atoms with Crippen LogP contribution in [0.15, 0.2) is 17.6 Å². The summed E-state index contributed by atoms with van der Waals surface area (Å²) in [5.74, 6) is -1.87. The molecule has 1 aliphatic carbocycles. The Bertz CT molecular complexity index is 808. The van der Waals surface area contributed by atoms with Gasteiger partial charge in [-0.2, -0.15) is 9.97 Å². The van der Waals surface area contributed by atoms with Gasteiger partial charge in [0.25, 0.3) is 5.92 Å². The molecule has 1 saturated carbocycles. The van der Waals surface area contributed by atoms with Crippen LogP contribution in [0.4, 0.5) is 20.5 Å². The van der Waals surface area contributed by atoms with Gasteiger partial charge in [-0.15, -0.1) is 0 Å². The van der Waals surface area contributed by atoms with Gasteiger partial charge in [-0.3, -0.25) is 0 Å². The maximum atomic E-state index is 13.3. The molecule has 2 N–H and O–H groups in total. The van der Waals surface area contributed by atoms with E-state index in [1.165, 1.54) is 6.26 Å². The van der Waals surface area contributed by atoms with Gasteiger partial charge in [0.05, 0.1) is 5.69 Å². The summed E-state index contributed by atoms with van der Waals surface area (Å²) in [6, 6.07) is -0.250. The van der Waals surface area contributed by atoms with Crippen molar-refractivity contribution in [3.05, 3.63) is 18.0 Å². The molecule has 1 atom stereocenters. The van der Waals surface area contributed by atoms with E-state index >= 15 is 0 Å². The van der Waals surface area contributed by atoms with Crippen LogP contribution >= 0.6 is 0 Å². The van der Waals surface area contributed by atoms with Crippen molar-refractivity contribution in [1.29, 1.82) is 0 Å². The Morgan fingerprint density at radius 3 is 2.56 bits per heavy atom. The van der Waals surface area contributed by atoms with E-state index in [2.05, 4.69) is 19.9 Å². The standard InChI is InChI=1S/C15H16F2N6OS/c1-25(24)14-21-11(8-6-19-13(18)20-7-8)10-2-3-23(12(10)22-14)9-4-15(16,17)5-9/h6-7,9H,2-5H2,1H3,(H2,18,19,20). The molecule has 0 aromatic carbocycles. The van der Waals surface area contributed by atoms with Crippen LogP contribution in [0, 0.1) is 0 Å². The second kappa shape index (κ2) is 5.73. The Morgan fingerprint density at radius 1 is 1.28 bits per heavy atom. The highest BCUT2D eigenvalue weighted by Crippen LogP contribution is 2.45. The summed E-state index contributed by atoms with van der Waals surface area (Å²) in [4.78, 5) is 18.6. The molecule has 2 aliphatic rings. The predicted molar refractivity (Wildman–Crippen MR) is 88.8 cm³/mol. The second-order valence-corrected chi connectivity index (χ2v) is 7.58. The van der Waals surface area contributed by atoms with Crippen molar-refractivity contribution in [2.45, 2.75) is 36.4 Å². The van der Waals surface area contributed by atoms with E-state index in [0.717, 1.165) is 5.56 Å². The summed E-state index contributed by atoms with van der Waals surface area (Å²) in [6.45, 7) is 0.591. The molecule has 25 heavy (non-hydrogen) atoms. The Kier molecular flexibility index (Phi) is 3.76. The molecule has 0 amide bonds. The normalized spacial score (nSPS) is 20.2. The zero-order valence-electron chi connectivity index (χ0n) is 13.4. The fraction of sp³-hybridized carbons (Fsp3) is 0.467. The molecule has 2 aromatic heterocycles. The minimum absolute atomic E-state index is 0.145. The molecule has 0 saturated heterocycles. The van der Waals surface area contributed by atoms with E-state index in [4.69, 9.17) is 5.73 Å². The average molecular weight is 366 g/mol. The van der Waals surface area contributed by atoms with Crippen LogP contribution in [0.1, 0.15) is 18.4 Å². The Balaban J connectivity index is 1.77. The fourth-order valence-corrected chi connectivity index (χ4v) is 3.73. The summed E-state index contributed by atoms with van der Waals surface area (Å²) in [6.07, 6.45) is 4.86. The van der Waals surface area contributed by atoms with Crippen LogP contribution in [-0.2, 0) is 17.6 Å². The molecule has 132 valence electrons. The lowest BCUT2D eigenvalue weighted by Gasteiger charge is -2.41. The van der Waals surface area contributed by atoms with Crippen molar-refractivity contribution in [1.82, 2.24) is 19.9 Å². The number of hydrogen-bond donors (Lipinski definition) is 1. The highest BCUT2D eigenvalue weighted by atomic mass is 32.2. The second-order valence-electron chi connectivity index (χ2n) is 6.30. The van der Waals surface area contributed by atoms with Crippen molar-refractivity contribution in [2.24, 2.45) is 0 Å². The summed E-state index contributed by atoms with van der Waals surface area (Å²) < 4.78 is 38.5. The van der Waals surface area contributed by atoms with Crippen LogP contribution in [0.5, 0.6) is 0 Å². The van der Waals surface area contributed by atoms with E-state index in [9.17, 15) is 13.3 Å². The van der Waals surface area contributed by atoms with Gasteiger partial charge in [0.2, 0.25) is 5.95 Å². The van der Waals surface area contributed by atoms with E-state index in [1.807, 2.05) is 4.90 Å². The maximum absolute atomic E-state index is 13.3. The number of fused-ring (bicyclic) bond motifs is 1. The van der Waals surface area contributed by atoms with E-state index in [-0.39, 0.29) is 30.0 Å². The number of rotatable bonds is 3. The lowest BCUT2D eigenvalue weighted by molar-refractivity contribution is -0.0855. The van der Waals surface area contributed by atoms with Crippen molar-refractivity contribution >= 4 is 22.9 Å². The smallest absolute Gasteiger partial charge is 0.344 e. The maximum Gasteiger partial charge on any atom is 0.344 e. The van der Waals surface area contributed by atoms with Crippen molar-refractivity contribution in [3.8, 4) is 11.3 Å². The van der Waals surface area contributed by atoms with Gasteiger partial charge < -0.3 is 15.2 Å². The van der Waals surface area contributed by atoms with Crippen LogP contribution in [-0.4, -0.2) is 49.3 Å². The Morgan fingerprint density at radius 2 is 1.96 bits per heavy atom. The summed E-state index contributed by atoms with van der Waals surface area (Å²) in [7, 11) is 0. The van der Waals surface area contributed by atoms with Gasteiger partial charge in [-0.25, -0.2) is 18.7 Å². The molecule has 0 bridgehead atoms. The first-order valence-corrected chi connectivity index (χ1v) is 9.36. The van der Waals surface area contributed by atoms with Crippen LogP contribution in [0.3, 0.4) is 0 Å². The average Bonchev–Trinajstić information content (AvgIpc) is 2.96. The quantitative estimate of drug-likeness (QED) is 0.647. The number of hydrogen-bond acceptors (Lipinski definition) is 7. The highest BCUT2D eigenvalue weighted by Gasteiger charge is 2.49. The molecule has 3 heterocycles. The topological polar surface area (TPSA) is 104 Å². The van der Waals surface area contributed by atoms with Crippen molar-refractivity contribution in [3.63, 3.8) is 0 Å². The summed E-state index contributed by atoms with van der Waals surface area (Å²) in [5.41, 5.74) is 7.60. The third-order valence-electron chi connectivity index (χ3n) is 4.55. The van der Waals surface area contributed by atoms with Gasteiger partial charge >= 0.3 is 5.16 Å². The lowest BCUT2D eigenvalue weighted by Crippen LogP contribution is -2.50. The first-order chi connectivity index (χ1) is 11.8. The van der Waals surface area contributed by atoms with Crippen molar-refractivity contribution < 1.29 is 13.3 Å². The third kappa shape index (κ3) is 2.89. The molecule has 0 radical (unpaired) electrons. The zero-order valence-corrected chi connectivity index (χ0v) is 14.3. The van der Waals surface area contributed by atoms with E-state index < -0.39 is 17.1 Å².